The van der Waals surface area contributed by atoms with Crippen molar-refractivity contribution in [1.82, 2.24) is 0 Å². The second kappa shape index (κ2) is 16.0. The molecule has 0 amide bonds. The maximum Gasteiger partial charge on any atom is 0.117 e. The topological polar surface area (TPSA) is 40.5 Å². The van der Waals surface area contributed by atoms with Gasteiger partial charge in [-0.3, -0.25) is 0 Å². The Hall–Kier alpha value is -4.04. The first-order chi connectivity index (χ1) is 11.3. The van der Waals surface area contributed by atoms with E-state index in [-0.39, 0.29) is 13.0 Å². The minimum absolute atomic E-state index is 0.128. The van der Waals surface area contributed by atoms with Crippen LogP contribution < -0.4 is 0 Å². The van der Waals surface area contributed by atoms with Gasteiger partial charge in [0.25, 0.3) is 0 Å². The van der Waals surface area contributed by atoms with Crippen LogP contribution in [0, 0.1) is 107 Å². The van der Waals surface area contributed by atoms with E-state index < -0.39 is 6.10 Å². The first-order valence-electron chi connectivity index (χ1n) is 6.06. The van der Waals surface area contributed by atoms with Gasteiger partial charge in [-0.1, -0.05) is 5.92 Å². The zero-order chi connectivity index (χ0) is 17.0. The summed E-state index contributed by atoms with van der Waals surface area (Å²) in [6, 6.07) is 0. The number of hydrogen-bond acceptors (Lipinski definition) is 2. The molecule has 2 nitrogen and oxygen atoms in total. The van der Waals surface area contributed by atoms with Gasteiger partial charge < -0.3 is 10.2 Å². The van der Waals surface area contributed by atoms with Crippen LogP contribution in [0.25, 0.3) is 0 Å². The van der Waals surface area contributed by atoms with Crippen LogP contribution >= 0.6 is 0 Å². The quantitative estimate of drug-likeness (QED) is 0.667. The Kier molecular flexibility index (Phi) is 13.2. The maximum absolute atomic E-state index is 9.16. The van der Waals surface area contributed by atoms with Crippen LogP contribution in [0.1, 0.15) is 6.42 Å². The molecule has 0 aromatic heterocycles. The molecule has 0 radical (unpaired) electrons. The average Bonchev–Trinajstić information content (AvgIpc) is 2.54. The van der Waals surface area contributed by atoms with Crippen molar-refractivity contribution in [1.29, 1.82) is 0 Å². The number of aliphatic hydroxyl groups excluding tert-OH is 2. The molecule has 2 heteroatoms. The van der Waals surface area contributed by atoms with Gasteiger partial charge in [0.2, 0.25) is 0 Å². The van der Waals surface area contributed by atoms with Crippen LogP contribution in [-0.4, -0.2) is 22.9 Å². The van der Waals surface area contributed by atoms with Crippen LogP contribution in [0.3, 0.4) is 0 Å². The molecule has 104 valence electrons. The molecule has 1 atom stereocenters. The number of rotatable bonds is 2. The normalized spacial score (nSPS) is 6.65. The Bertz CT molecular complexity index is 944. The largest absolute Gasteiger partial charge is 0.396 e. The van der Waals surface area contributed by atoms with Crippen LogP contribution in [0.5, 0.6) is 0 Å². The lowest BCUT2D eigenvalue weighted by molar-refractivity contribution is 0.177. The third-order valence-electron chi connectivity index (χ3n) is 1.59. The summed E-state index contributed by atoms with van der Waals surface area (Å²) in [5.41, 5.74) is 0. The van der Waals surface area contributed by atoms with Crippen molar-refractivity contribution in [2.45, 2.75) is 12.5 Å². The van der Waals surface area contributed by atoms with Crippen molar-refractivity contribution >= 4 is 0 Å². The van der Waals surface area contributed by atoms with E-state index in [1.807, 2.05) is 0 Å². The molecule has 0 fully saturated rings. The minimum Gasteiger partial charge on any atom is -0.396 e. The van der Waals surface area contributed by atoms with E-state index in [2.05, 4.69) is 101 Å². The summed E-state index contributed by atoms with van der Waals surface area (Å²) in [6.45, 7) is -0.128. The summed E-state index contributed by atoms with van der Waals surface area (Å²) in [4.78, 5) is 0. The molecular formula is C21H8O2. The monoisotopic (exact) mass is 292 g/mol. The molecule has 0 aliphatic rings. The highest BCUT2D eigenvalue weighted by Gasteiger charge is 1.94. The first-order valence-corrected chi connectivity index (χ1v) is 6.06. The molecule has 0 rings (SSSR count). The van der Waals surface area contributed by atoms with Gasteiger partial charge >= 0.3 is 0 Å². The zero-order valence-corrected chi connectivity index (χ0v) is 12.0. The fraction of sp³-hybridized carbons (Fsp3) is 0.143. The SMILES string of the molecule is C#CC#CC#CC#CC#CC#CC#CC#CC#CC(O)CCO. The Morgan fingerprint density at radius 2 is 0.957 bits per heavy atom. The Morgan fingerprint density at radius 1 is 0.609 bits per heavy atom. The molecule has 0 spiro atoms. The molecule has 0 aromatic carbocycles. The van der Waals surface area contributed by atoms with Gasteiger partial charge in [-0.25, -0.2) is 0 Å². The lowest BCUT2D eigenvalue weighted by Gasteiger charge is -1.95. The van der Waals surface area contributed by atoms with E-state index in [0.717, 1.165) is 0 Å². The molecule has 23 heavy (non-hydrogen) atoms. The summed E-state index contributed by atoms with van der Waals surface area (Å²) in [5, 5.41) is 17.7. The lowest BCUT2D eigenvalue weighted by atomic mass is 10.3. The van der Waals surface area contributed by atoms with Crippen LogP contribution in [0.15, 0.2) is 0 Å². The molecule has 0 aliphatic carbocycles. The van der Waals surface area contributed by atoms with Crippen molar-refractivity contribution in [2.24, 2.45) is 0 Å². The van der Waals surface area contributed by atoms with Crippen molar-refractivity contribution in [3.8, 4) is 107 Å². The third-order valence-corrected chi connectivity index (χ3v) is 1.59. The zero-order valence-electron chi connectivity index (χ0n) is 12.0. The van der Waals surface area contributed by atoms with Crippen molar-refractivity contribution in [2.75, 3.05) is 6.61 Å². The van der Waals surface area contributed by atoms with Crippen LogP contribution in [0.2, 0.25) is 0 Å². The second-order valence-corrected chi connectivity index (χ2v) is 3.19. The third kappa shape index (κ3) is 15.9. The molecule has 0 aromatic rings. The highest BCUT2D eigenvalue weighted by molar-refractivity contribution is 5.46. The predicted molar refractivity (Wildman–Crippen MR) is 88.8 cm³/mol. The molecule has 1 unspecified atom stereocenters. The van der Waals surface area contributed by atoms with E-state index in [1.54, 1.807) is 0 Å². The van der Waals surface area contributed by atoms with E-state index >= 15 is 0 Å². The maximum atomic E-state index is 9.16. The van der Waals surface area contributed by atoms with Crippen molar-refractivity contribution < 1.29 is 10.2 Å². The summed E-state index contributed by atoms with van der Waals surface area (Å²) in [5.74, 6) is 41.1. The van der Waals surface area contributed by atoms with E-state index in [0.29, 0.717) is 0 Å². The number of terminal acetylenes is 1. The molecule has 0 aliphatic heterocycles. The molecule has 0 saturated heterocycles. The second-order valence-electron chi connectivity index (χ2n) is 3.19. The molecular weight excluding hydrogens is 284 g/mol. The van der Waals surface area contributed by atoms with Gasteiger partial charge in [0.1, 0.15) is 6.10 Å². The van der Waals surface area contributed by atoms with E-state index in [1.165, 1.54) is 0 Å². The average molecular weight is 292 g/mol. The number of hydrogen-bond donors (Lipinski definition) is 2. The highest BCUT2D eigenvalue weighted by atomic mass is 16.3. The fourth-order valence-electron chi connectivity index (χ4n) is 0.756. The van der Waals surface area contributed by atoms with Crippen LogP contribution in [-0.2, 0) is 0 Å². The molecule has 0 heterocycles. The summed E-state index contributed by atoms with van der Waals surface area (Å²) in [7, 11) is 0. The molecule has 0 saturated carbocycles. The van der Waals surface area contributed by atoms with Gasteiger partial charge in [0, 0.05) is 13.0 Å². The van der Waals surface area contributed by atoms with Gasteiger partial charge in [-0.15, -0.1) is 6.42 Å². The van der Waals surface area contributed by atoms with Gasteiger partial charge in [-0.2, -0.15) is 0 Å². The first kappa shape index (κ1) is 19.0. The van der Waals surface area contributed by atoms with Gasteiger partial charge in [-0.05, 0) is 94.7 Å². The minimum atomic E-state index is -0.882. The Balaban J connectivity index is 4.33. The van der Waals surface area contributed by atoms with Crippen molar-refractivity contribution in [3.05, 3.63) is 0 Å². The summed E-state index contributed by atoms with van der Waals surface area (Å²) in [6.07, 6.45) is 4.21. The van der Waals surface area contributed by atoms with Gasteiger partial charge in [0.15, 0.2) is 0 Å². The van der Waals surface area contributed by atoms with Crippen molar-refractivity contribution in [3.63, 3.8) is 0 Å². The Labute approximate surface area is 137 Å². The smallest absolute Gasteiger partial charge is 0.117 e. The Morgan fingerprint density at radius 3 is 1.30 bits per heavy atom. The predicted octanol–water partition coefficient (Wildman–Crippen LogP) is -0.610. The lowest BCUT2D eigenvalue weighted by Crippen LogP contribution is -2.04. The fourth-order valence-corrected chi connectivity index (χ4v) is 0.756. The van der Waals surface area contributed by atoms with E-state index in [4.69, 9.17) is 16.6 Å². The van der Waals surface area contributed by atoms with Gasteiger partial charge in [0.05, 0.1) is 0 Å². The number of aliphatic hydroxyl groups is 2. The van der Waals surface area contributed by atoms with E-state index in [9.17, 15) is 0 Å². The highest BCUT2D eigenvalue weighted by Crippen LogP contribution is 1.85. The summed E-state index contributed by atoms with van der Waals surface area (Å²) < 4.78 is 0. The molecule has 0 bridgehead atoms. The van der Waals surface area contributed by atoms with Crippen LogP contribution in [0.4, 0.5) is 0 Å². The summed E-state index contributed by atoms with van der Waals surface area (Å²) >= 11 is 0. The molecule has 2 N–H and O–H groups in total. The standard InChI is InChI=1S/C21H8O2/c1-2-3-4-5-6-7-8-9-10-11-12-13-14-15-16-17-18-21(23)19-20-22/h1,21-23H,19-20H2.